The Morgan fingerprint density at radius 2 is 2.09 bits per heavy atom. The fourth-order valence-electron chi connectivity index (χ4n) is 2.52. The molecule has 22 heavy (non-hydrogen) atoms. The molecular formula is C16H17N3O3. The maximum absolute atomic E-state index is 12.6. The van der Waals surface area contributed by atoms with Crippen LogP contribution in [0.5, 0.6) is 5.75 Å². The predicted octanol–water partition coefficient (Wildman–Crippen LogP) is 1.46. The van der Waals surface area contributed by atoms with Gasteiger partial charge < -0.3 is 9.30 Å². The summed E-state index contributed by atoms with van der Waals surface area (Å²) in [7, 11) is 1.60. The Kier molecular flexibility index (Phi) is 3.68. The first-order valence-electron chi connectivity index (χ1n) is 7.06. The average molecular weight is 299 g/mol. The highest BCUT2D eigenvalue weighted by Gasteiger charge is 2.29. The number of carbonyl (C=O) groups is 1. The third kappa shape index (κ3) is 2.48. The number of carbonyl (C=O) groups excluding carboxylic acids is 1. The molecule has 2 aromatic rings. The molecule has 1 amide bonds. The number of aromatic nitrogens is 1. The van der Waals surface area contributed by atoms with Gasteiger partial charge in [-0.3, -0.25) is 15.0 Å². The van der Waals surface area contributed by atoms with Crippen molar-refractivity contribution in [1.29, 1.82) is 0 Å². The van der Waals surface area contributed by atoms with Gasteiger partial charge in [-0.25, -0.2) is 5.84 Å². The van der Waals surface area contributed by atoms with Crippen LogP contribution in [0.4, 0.5) is 0 Å². The minimum Gasteiger partial charge on any atom is -0.497 e. The van der Waals surface area contributed by atoms with Crippen LogP contribution < -0.4 is 21.6 Å². The molecule has 114 valence electrons. The molecule has 0 bridgehead atoms. The molecule has 0 aliphatic heterocycles. The van der Waals surface area contributed by atoms with E-state index < -0.39 is 5.91 Å². The summed E-state index contributed by atoms with van der Waals surface area (Å²) < 4.78 is 6.91. The van der Waals surface area contributed by atoms with E-state index >= 15 is 0 Å². The molecule has 6 heteroatoms. The minimum absolute atomic E-state index is 0.0565. The zero-order valence-electron chi connectivity index (χ0n) is 12.2. The number of methoxy groups -OCH3 is 1. The number of nitrogen functional groups attached to an aromatic ring is 1. The Bertz CT molecular complexity index is 778. The van der Waals surface area contributed by atoms with Gasteiger partial charge in [0.1, 0.15) is 11.3 Å². The Labute approximate surface area is 127 Å². The molecular weight excluding hydrogens is 282 g/mol. The molecule has 0 radical (unpaired) electrons. The summed E-state index contributed by atoms with van der Waals surface area (Å²) in [6.45, 7) is 0. The molecule has 1 aromatic heterocycles. The van der Waals surface area contributed by atoms with Crippen LogP contribution >= 0.6 is 0 Å². The number of hydrazine groups is 1. The minimum atomic E-state index is -0.573. The lowest BCUT2D eigenvalue weighted by Gasteiger charge is -2.14. The van der Waals surface area contributed by atoms with Gasteiger partial charge in [0.05, 0.1) is 12.8 Å². The average Bonchev–Trinajstić information content (AvgIpc) is 3.38. The van der Waals surface area contributed by atoms with E-state index in [0.29, 0.717) is 0 Å². The van der Waals surface area contributed by atoms with Crippen LogP contribution in [0.3, 0.4) is 0 Å². The number of nitrogens with zero attached hydrogens (tertiary/aromatic N) is 1. The van der Waals surface area contributed by atoms with Gasteiger partial charge in [0.25, 0.3) is 11.5 Å². The van der Waals surface area contributed by atoms with Crippen molar-refractivity contribution in [1.82, 2.24) is 9.99 Å². The summed E-state index contributed by atoms with van der Waals surface area (Å²) in [4.78, 5) is 24.3. The monoisotopic (exact) mass is 299 g/mol. The van der Waals surface area contributed by atoms with E-state index in [2.05, 4.69) is 0 Å². The number of amides is 1. The molecule has 1 saturated carbocycles. The van der Waals surface area contributed by atoms with Crippen LogP contribution in [-0.2, 0) is 0 Å². The van der Waals surface area contributed by atoms with E-state index in [1.165, 1.54) is 6.07 Å². The molecule has 0 spiro atoms. The van der Waals surface area contributed by atoms with Crippen molar-refractivity contribution in [2.45, 2.75) is 18.9 Å². The maximum Gasteiger partial charge on any atom is 0.270 e. The standard InChI is InChI=1S/C16H17N3O3/c1-22-12-4-2-3-10(9-12)14-8-7-13(15(20)18-17)16(21)19(14)11-5-6-11/h2-4,7-9,11H,5-6,17H2,1H3,(H,18,20). The van der Waals surface area contributed by atoms with Crippen LogP contribution in [0.2, 0.25) is 0 Å². The molecule has 3 N–H and O–H groups in total. The molecule has 6 nitrogen and oxygen atoms in total. The van der Waals surface area contributed by atoms with Crippen LogP contribution in [-0.4, -0.2) is 17.6 Å². The van der Waals surface area contributed by atoms with Gasteiger partial charge in [-0.1, -0.05) is 12.1 Å². The summed E-state index contributed by atoms with van der Waals surface area (Å²) >= 11 is 0. The van der Waals surface area contributed by atoms with Gasteiger partial charge in [-0.05, 0) is 37.1 Å². The largest absolute Gasteiger partial charge is 0.497 e. The summed E-state index contributed by atoms with van der Waals surface area (Å²) in [5.41, 5.74) is 3.41. The van der Waals surface area contributed by atoms with Crippen molar-refractivity contribution in [3.8, 4) is 17.0 Å². The number of hydrogen-bond donors (Lipinski definition) is 2. The topological polar surface area (TPSA) is 86.3 Å². The number of nitrogens with one attached hydrogen (secondary N) is 1. The molecule has 0 atom stereocenters. The molecule has 3 rings (SSSR count). The van der Waals surface area contributed by atoms with E-state index in [1.807, 2.05) is 29.7 Å². The quantitative estimate of drug-likeness (QED) is 0.508. The molecule has 1 aliphatic carbocycles. The molecule has 0 unspecified atom stereocenters. The normalized spacial score (nSPS) is 13.7. The van der Waals surface area contributed by atoms with Gasteiger partial charge >= 0.3 is 0 Å². The van der Waals surface area contributed by atoms with Crippen molar-refractivity contribution >= 4 is 5.91 Å². The van der Waals surface area contributed by atoms with Crippen molar-refractivity contribution in [3.63, 3.8) is 0 Å². The highest BCUT2D eigenvalue weighted by Crippen LogP contribution is 2.37. The molecule has 1 aliphatic rings. The van der Waals surface area contributed by atoms with Gasteiger partial charge in [-0.15, -0.1) is 0 Å². The van der Waals surface area contributed by atoms with Crippen molar-refractivity contribution in [2.24, 2.45) is 5.84 Å². The molecule has 0 saturated heterocycles. The van der Waals surface area contributed by atoms with Gasteiger partial charge in [0.2, 0.25) is 0 Å². The third-order valence-electron chi connectivity index (χ3n) is 3.77. The van der Waals surface area contributed by atoms with Crippen molar-refractivity contribution in [2.75, 3.05) is 7.11 Å². The summed E-state index contributed by atoms with van der Waals surface area (Å²) in [6, 6.07) is 10.9. The van der Waals surface area contributed by atoms with Crippen LogP contribution in [0.25, 0.3) is 11.3 Å². The van der Waals surface area contributed by atoms with Crippen molar-refractivity contribution in [3.05, 3.63) is 52.3 Å². The lowest BCUT2D eigenvalue weighted by Crippen LogP contribution is -2.36. The fraction of sp³-hybridized carbons (Fsp3) is 0.250. The van der Waals surface area contributed by atoms with E-state index in [-0.39, 0.29) is 17.2 Å². The second kappa shape index (κ2) is 5.65. The van der Waals surface area contributed by atoms with Gasteiger partial charge in [0.15, 0.2) is 0 Å². The summed E-state index contributed by atoms with van der Waals surface area (Å²) in [5, 5.41) is 0. The summed E-state index contributed by atoms with van der Waals surface area (Å²) in [6.07, 6.45) is 1.87. The van der Waals surface area contributed by atoms with Crippen molar-refractivity contribution < 1.29 is 9.53 Å². The van der Waals surface area contributed by atoms with Gasteiger partial charge in [-0.2, -0.15) is 0 Å². The third-order valence-corrected chi connectivity index (χ3v) is 3.77. The van der Waals surface area contributed by atoms with E-state index in [9.17, 15) is 9.59 Å². The van der Waals surface area contributed by atoms with Crippen LogP contribution in [0.1, 0.15) is 29.2 Å². The van der Waals surface area contributed by atoms with E-state index in [0.717, 1.165) is 29.8 Å². The second-order valence-corrected chi connectivity index (χ2v) is 5.24. The highest BCUT2D eigenvalue weighted by molar-refractivity contribution is 5.93. The first-order valence-corrected chi connectivity index (χ1v) is 7.06. The first-order chi connectivity index (χ1) is 10.7. The first kappa shape index (κ1) is 14.3. The zero-order valence-corrected chi connectivity index (χ0v) is 12.2. The maximum atomic E-state index is 12.6. The SMILES string of the molecule is COc1cccc(-c2ccc(C(=O)NN)c(=O)n2C2CC2)c1. The lowest BCUT2D eigenvalue weighted by molar-refractivity contribution is 0.0951. The molecule has 1 heterocycles. The fourth-order valence-corrected chi connectivity index (χ4v) is 2.52. The Morgan fingerprint density at radius 1 is 1.32 bits per heavy atom. The number of benzene rings is 1. The summed E-state index contributed by atoms with van der Waals surface area (Å²) in [5.74, 6) is 5.28. The van der Waals surface area contributed by atoms with Crippen LogP contribution in [0.15, 0.2) is 41.2 Å². The number of rotatable bonds is 4. The van der Waals surface area contributed by atoms with Crippen LogP contribution in [0, 0.1) is 0 Å². The van der Waals surface area contributed by atoms with E-state index in [4.69, 9.17) is 10.6 Å². The Hall–Kier alpha value is -2.60. The zero-order chi connectivity index (χ0) is 15.7. The molecule has 1 fully saturated rings. The van der Waals surface area contributed by atoms with E-state index in [1.54, 1.807) is 17.7 Å². The number of ether oxygens (including phenoxy) is 1. The highest BCUT2D eigenvalue weighted by atomic mass is 16.5. The second-order valence-electron chi connectivity index (χ2n) is 5.24. The Morgan fingerprint density at radius 3 is 2.73 bits per heavy atom. The number of nitrogens with two attached hydrogens (primary N) is 1. The number of hydrogen-bond acceptors (Lipinski definition) is 4. The number of pyridine rings is 1. The predicted molar refractivity (Wildman–Crippen MR) is 82.6 cm³/mol. The Balaban J connectivity index is 2.17. The smallest absolute Gasteiger partial charge is 0.270 e. The molecule has 1 aromatic carbocycles. The lowest BCUT2D eigenvalue weighted by atomic mass is 10.1. The van der Waals surface area contributed by atoms with Gasteiger partial charge in [0, 0.05) is 11.6 Å².